The van der Waals surface area contributed by atoms with Gasteiger partial charge in [0.2, 0.25) is 0 Å². The van der Waals surface area contributed by atoms with Crippen LogP contribution in [0.1, 0.15) is 10.4 Å². The van der Waals surface area contributed by atoms with Gasteiger partial charge < -0.3 is 9.64 Å². The second-order valence-electron chi connectivity index (χ2n) is 4.74. The van der Waals surface area contributed by atoms with Crippen LogP contribution in [-0.4, -0.2) is 53.1 Å². The predicted octanol–water partition coefficient (Wildman–Crippen LogP) is 2.07. The van der Waals surface area contributed by atoms with Crippen molar-refractivity contribution in [3.63, 3.8) is 0 Å². The summed E-state index contributed by atoms with van der Waals surface area (Å²) in [5, 5.41) is 5.28. The molecule has 1 aromatic heterocycles. The molecule has 110 valence electrons. The number of hydrogen-bond acceptors (Lipinski definition) is 4. The minimum Gasteiger partial charge on any atom is -0.378 e. The second kappa shape index (κ2) is 6.32. The van der Waals surface area contributed by atoms with Crippen LogP contribution >= 0.6 is 11.8 Å². The maximum absolute atomic E-state index is 12.6. The quantitative estimate of drug-likeness (QED) is 0.814. The van der Waals surface area contributed by atoms with Gasteiger partial charge in [-0.1, -0.05) is 18.2 Å². The van der Waals surface area contributed by atoms with E-state index in [4.69, 9.17) is 4.74 Å². The lowest BCUT2D eigenvalue weighted by atomic mass is 10.3. The summed E-state index contributed by atoms with van der Waals surface area (Å²) >= 11 is 1.49. The first-order valence-electron chi connectivity index (χ1n) is 6.85. The van der Waals surface area contributed by atoms with Gasteiger partial charge in [0.05, 0.1) is 24.5 Å². The van der Waals surface area contributed by atoms with Crippen LogP contribution in [0.5, 0.6) is 0 Å². The Labute approximate surface area is 127 Å². The molecule has 0 saturated carbocycles. The molecule has 0 unspecified atom stereocenters. The van der Waals surface area contributed by atoms with Crippen LogP contribution in [0.3, 0.4) is 0 Å². The van der Waals surface area contributed by atoms with Crippen LogP contribution in [0.25, 0.3) is 5.69 Å². The van der Waals surface area contributed by atoms with Gasteiger partial charge in [0.1, 0.15) is 5.03 Å². The lowest BCUT2D eigenvalue weighted by molar-refractivity contribution is 0.0300. The van der Waals surface area contributed by atoms with Gasteiger partial charge in [-0.2, -0.15) is 5.10 Å². The third kappa shape index (κ3) is 2.96. The number of aromatic nitrogens is 2. The number of rotatable bonds is 3. The van der Waals surface area contributed by atoms with E-state index in [0.29, 0.717) is 31.9 Å². The number of para-hydroxylation sites is 1. The van der Waals surface area contributed by atoms with Crippen molar-refractivity contribution in [3.8, 4) is 5.69 Å². The fourth-order valence-electron chi connectivity index (χ4n) is 2.31. The van der Waals surface area contributed by atoms with Crippen molar-refractivity contribution in [2.75, 3.05) is 32.6 Å². The van der Waals surface area contributed by atoms with Crippen molar-refractivity contribution >= 4 is 17.7 Å². The number of ether oxygens (including phenoxy) is 1. The number of carbonyl (C=O) groups excluding carboxylic acids is 1. The highest BCUT2D eigenvalue weighted by Crippen LogP contribution is 2.22. The molecule has 2 aromatic rings. The van der Waals surface area contributed by atoms with Crippen molar-refractivity contribution in [3.05, 3.63) is 42.1 Å². The van der Waals surface area contributed by atoms with E-state index in [1.54, 1.807) is 4.68 Å². The summed E-state index contributed by atoms with van der Waals surface area (Å²) in [5.74, 6) is 0.0323. The molecule has 0 aliphatic carbocycles. The molecule has 1 fully saturated rings. The lowest BCUT2D eigenvalue weighted by Crippen LogP contribution is -2.40. The molecular weight excluding hydrogens is 286 g/mol. The maximum atomic E-state index is 12.6. The average Bonchev–Trinajstić information content (AvgIpc) is 3.00. The average molecular weight is 303 g/mol. The van der Waals surface area contributed by atoms with Crippen LogP contribution in [-0.2, 0) is 4.74 Å². The molecule has 1 aliphatic rings. The summed E-state index contributed by atoms with van der Waals surface area (Å²) in [6, 6.07) is 9.82. The largest absolute Gasteiger partial charge is 0.378 e. The molecule has 1 amide bonds. The predicted molar refractivity (Wildman–Crippen MR) is 82.1 cm³/mol. The smallest absolute Gasteiger partial charge is 0.258 e. The minimum atomic E-state index is 0.0323. The van der Waals surface area contributed by atoms with E-state index in [2.05, 4.69) is 5.10 Å². The Hall–Kier alpha value is -1.79. The van der Waals surface area contributed by atoms with E-state index in [0.717, 1.165) is 10.7 Å². The summed E-state index contributed by atoms with van der Waals surface area (Å²) in [6.07, 6.45) is 3.76. The number of thioether (sulfide) groups is 1. The van der Waals surface area contributed by atoms with Gasteiger partial charge in [-0.05, 0) is 18.4 Å². The number of carbonyl (C=O) groups is 1. The Balaban J connectivity index is 1.91. The molecule has 0 atom stereocenters. The standard InChI is InChI=1S/C15H17N3O2S/c1-21-14-13(15(19)17-7-9-20-10-8-17)11-18(16-14)12-5-3-2-4-6-12/h2-6,11H,7-10H2,1H3. The Morgan fingerprint density at radius 2 is 1.95 bits per heavy atom. The van der Waals surface area contributed by atoms with Crippen LogP contribution < -0.4 is 0 Å². The third-order valence-electron chi connectivity index (χ3n) is 3.42. The number of amides is 1. The molecule has 21 heavy (non-hydrogen) atoms. The highest BCUT2D eigenvalue weighted by Gasteiger charge is 2.23. The van der Waals surface area contributed by atoms with Crippen molar-refractivity contribution < 1.29 is 9.53 Å². The summed E-state index contributed by atoms with van der Waals surface area (Å²) in [6.45, 7) is 2.49. The molecule has 3 rings (SSSR count). The van der Waals surface area contributed by atoms with Gasteiger partial charge in [0.15, 0.2) is 0 Å². The molecule has 1 aliphatic heterocycles. The molecule has 1 aromatic carbocycles. The molecule has 6 heteroatoms. The van der Waals surface area contributed by atoms with Crippen molar-refractivity contribution in [1.82, 2.24) is 14.7 Å². The summed E-state index contributed by atoms with van der Waals surface area (Å²) in [7, 11) is 0. The van der Waals surface area contributed by atoms with Gasteiger partial charge in [0.25, 0.3) is 5.91 Å². The Bertz CT molecular complexity index is 621. The van der Waals surface area contributed by atoms with E-state index < -0.39 is 0 Å². The van der Waals surface area contributed by atoms with E-state index >= 15 is 0 Å². The van der Waals surface area contributed by atoms with Crippen molar-refractivity contribution in [2.24, 2.45) is 0 Å². The zero-order valence-corrected chi connectivity index (χ0v) is 12.7. The summed E-state index contributed by atoms with van der Waals surface area (Å²) < 4.78 is 7.06. The normalized spacial score (nSPS) is 15.2. The van der Waals surface area contributed by atoms with E-state index in [1.807, 2.05) is 47.7 Å². The van der Waals surface area contributed by atoms with Crippen LogP contribution in [0.15, 0.2) is 41.6 Å². The Morgan fingerprint density at radius 3 is 2.62 bits per heavy atom. The number of hydrogen-bond donors (Lipinski definition) is 0. The first-order valence-corrected chi connectivity index (χ1v) is 8.08. The first kappa shape index (κ1) is 14.2. The molecule has 0 spiro atoms. The maximum Gasteiger partial charge on any atom is 0.258 e. The van der Waals surface area contributed by atoms with Crippen molar-refractivity contribution in [1.29, 1.82) is 0 Å². The second-order valence-corrected chi connectivity index (χ2v) is 5.53. The molecule has 2 heterocycles. The first-order chi connectivity index (χ1) is 10.3. The Morgan fingerprint density at radius 1 is 1.24 bits per heavy atom. The zero-order chi connectivity index (χ0) is 14.7. The van der Waals surface area contributed by atoms with Crippen LogP contribution in [0.2, 0.25) is 0 Å². The molecule has 5 nitrogen and oxygen atoms in total. The van der Waals surface area contributed by atoms with E-state index in [9.17, 15) is 4.79 Å². The lowest BCUT2D eigenvalue weighted by Gasteiger charge is -2.26. The molecule has 1 saturated heterocycles. The van der Waals surface area contributed by atoms with Crippen LogP contribution in [0.4, 0.5) is 0 Å². The van der Waals surface area contributed by atoms with Crippen LogP contribution in [0, 0.1) is 0 Å². The molecule has 0 bridgehead atoms. The van der Waals surface area contributed by atoms with Crippen molar-refractivity contribution in [2.45, 2.75) is 5.03 Å². The monoisotopic (exact) mass is 303 g/mol. The highest BCUT2D eigenvalue weighted by atomic mass is 32.2. The topological polar surface area (TPSA) is 47.4 Å². The minimum absolute atomic E-state index is 0.0323. The van der Waals surface area contributed by atoms with Gasteiger partial charge >= 0.3 is 0 Å². The fourth-order valence-corrected chi connectivity index (χ4v) is 2.83. The Kier molecular flexibility index (Phi) is 4.26. The molecule has 0 N–H and O–H groups in total. The highest BCUT2D eigenvalue weighted by molar-refractivity contribution is 7.98. The third-order valence-corrected chi connectivity index (χ3v) is 4.11. The molecular formula is C15H17N3O2S. The fraction of sp³-hybridized carbons (Fsp3) is 0.333. The van der Waals surface area contributed by atoms with E-state index in [1.165, 1.54) is 11.8 Å². The zero-order valence-electron chi connectivity index (χ0n) is 11.9. The number of benzene rings is 1. The number of nitrogens with zero attached hydrogens (tertiary/aromatic N) is 3. The van der Waals surface area contributed by atoms with Gasteiger partial charge in [-0.25, -0.2) is 4.68 Å². The molecule has 0 radical (unpaired) electrons. The number of morpholine rings is 1. The van der Waals surface area contributed by atoms with Gasteiger partial charge in [-0.15, -0.1) is 11.8 Å². The summed E-state index contributed by atoms with van der Waals surface area (Å²) in [4.78, 5) is 14.5. The summed E-state index contributed by atoms with van der Waals surface area (Å²) in [5.41, 5.74) is 1.61. The SMILES string of the molecule is CSc1nn(-c2ccccc2)cc1C(=O)N1CCOCC1. The van der Waals surface area contributed by atoms with Gasteiger partial charge in [0, 0.05) is 19.3 Å². The van der Waals surface area contributed by atoms with E-state index in [-0.39, 0.29) is 5.91 Å². The van der Waals surface area contributed by atoms with Gasteiger partial charge in [-0.3, -0.25) is 4.79 Å².